The van der Waals surface area contributed by atoms with E-state index in [0.717, 1.165) is 22.6 Å². The van der Waals surface area contributed by atoms with Gasteiger partial charge in [-0.2, -0.15) is 5.26 Å². The second-order valence-electron chi connectivity index (χ2n) is 3.35. The van der Waals surface area contributed by atoms with Crippen molar-refractivity contribution in [3.8, 4) is 6.07 Å². The molecule has 0 saturated carbocycles. The summed E-state index contributed by atoms with van der Waals surface area (Å²) in [5.41, 5.74) is 0. The second-order valence-corrected chi connectivity index (χ2v) is 5.52. The Hall–Kier alpha value is -0.800. The normalized spacial score (nSPS) is 16.3. The van der Waals surface area contributed by atoms with Crippen LogP contribution in [0.4, 0.5) is 5.13 Å². The fraction of sp³-hybridized carbons (Fsp3) is 0.667. The van der Waals surface area contributed by atoms with Crippen molar-refractivity contribution in [1.82, 2.24) is 10.2 Å². The number of nitriles is 1. The van der Waals surface area contributed by atoms with Gasteiger partial charge in [0, 0.05) is 13.1 Å². The molecule has 6 heteroatoms. The smallest absolute Gasteiger partial charge is 0.209 e. The second kappa shape index (κ2) is 5.33. The highest BCUT2D eigenvalue weighted by Gasteiger charge is 2.15. The molecule has 0 amide bonds. The molecule has 0 unspecified atom stereocenters. The molecule has 0 N–H and O–H groups in total. The van der Waals surface area contributed by atoms with Gasteiger partial charge in [0.25, 0.3) is 0 Å². The van der Waals surface area contributed by atoms with Gasteiger partial charge >= 0.3 is 0 Å². The van der Waals surface area contributed by atoms with E-state index in [-0.39, 0.29) is 0 Å². The third-order valence-electron chi connectivity index (χ3n) is 2.28. The van der Waals surface area contributed by atoms with E-state index >= 15 is 0 Å². The Morgan fingerprint density at radius 3 is 2.87 bits per heavy atom. The Kier molecular flexibility index (Phi) is 3.80. The minimum absolute atomic E-state index is 0.453. The molecule has 1 aliphatic rings. The lowest BCUT2D eigenvalue weighted by molar-refractivity contribution is 0.575. The van der Waals surface area contributed by atoms with Crippen molar-refractivity contribution in [3.05, 3.63) is 0 Å². The van der Waals surface area contributed by atoms with Crippen molar-refractivity contribution in [3.63, 3.8) is 0 Å². The topological polar surface area (TPSA) is 52.8 Å². The van der Waals surface area contributed by atoms with Crippen molar-refractivity contribution < 1.29 is 0 Å². The lowest BCUT2D eigenvalue weighted by atomic mass is 10.1. The molecule has 4 nitrogen and oxygen atoms in total. The molecule has 15 heavy (non-hydrogen) atoms. The van der Waals surface area contributed by atoms with Gasteiger partial charge in [0.15, 0.2) is 4.34 Å². The molecular weight excluding hydrogens is 228 g/mol. The lowest BCUT2D eigenvalue weighted by Gasteiger charge is -2.25. The summed E-state index contributed by atoms with van der Waals surface area (Å²) in [6, 6.07) is 2.09. The third kappa shape index (κ3) is 2.83. The van der Waals surface area contributed by atoms with Crippen molar-refractivity contribution in [2.24, 2.45) is 0 Å². The van der Waals surface area contributed by atoms with E-state index in [2.05, 4.69) is 21.2 Å². The van der Waals surface area contributed by atoms with Crippen LogP contribution in [0.1, 0.15) is 19.3 Å². The molecule has 2 rings (SSSR count). The van der Waals surface area contributed by atoms with E-state index < -0.39 is 0 Å². The van der Waals surface area contributed by atoms with Crippen LogP contribution < -0.4 is 4.90 Å². The first kappa shape index (κ1) is 10.7. The summed E-state index contributed by atoms with van der Waals surface area (Å²) in [5.74, 6) is 0.453. The molecule has 0 aromatic carbocycles. The Morgan fingerprint density at radius 1 is 1.33 bits per heavy atom. The highest BCUT2D eigenvalue weighted by molar-refractivity contribution is 8.01. The van der Waals surface area contributed by atoms with Crippen LogP contribution >= 0.6 is 23.1 Å². The third-order valence-corrected chi connectivity index (χ3v) is 4.27. The van der Waals surface area contributed by atoms with Gasteiger partial charge in [-0.1, -0.05) is 23.1 Å². The van der Waals surface area contributed by atoms with Crippen molar-refractivity contribution in [2.45, 2.75) is 23.6 Å². The minimum atomic E-state index is 0.453. The zero-order valence-electron chi connectivity index (χ0n) is 8.35. The van der Waals surface area contributed by atoms with Crippen LogP contribution in [0.3, 0.4) is 0 Å². The van der Waals surface area contributed by atoms with Gasteiger partial charge < -0.3 is 4.90 Å². The zero-order chi connectivity index (χ0) is 10.5. The average Bonchev–Trinajstić information content (AvgIpc) is 2.76. The average molecular weight is 240 g/mol. The van der Waals surface area contributed by atoms with Crippen LogP contribution in [-0.2, 0) is 0 Å². The van der Waals surface area contributed by atoms with Crippen LogP contribution in [0.25, 0.3) is 0 Å². The molecule has 2 heterocycles. The van der Waals surface area contributed by atoms with Crippen LogP contribution in [0, 0.1) is 11.3 Å². The van der Waals surface area contributed by atoms with Gasteiger partial charge in [-0.05, 0) is 19.3 Å². The molecule has 0 radical (unpaired) electrons. The Bertz CT molecular complexity index is 351. The Labute approximate surface area is 97.3 Å². The molecule has 0 aliphatic carbocycles. The Balaban J connectivity index is 1.96. The number of rotatable bonds is 3. The van der Waals surface area contributed by atoms with Crippen molar-refractivity contribution in [2.75, 3.05) is 23.7 Å². The van der Waals surface area contributed by atoms with Crippen LogP contribution in [0.5, 0.6) is 0 Å². The fourth-order valence-corrected chi connectivity index (χ4v) is 3.12. The first-order valence-electron chi connectivity index (χ1n) is 4.98. The summed E-state index contributed by atoms with van der Waals surface area (Å²) >= 11 is 3.06. The predicted octanol–water partition coefficient (Wildman–Crippen LogP) is 2.14. The SMILES string of the molecule is N#CCSc1nnc(N2CCCCC2)s1. The van der Waals surface area contributed by atoms with Gasteiger partial charge in [-0.3, -0.25) is 0 Å². The van der Waals surface area contributed by atoms with Gasteiger partial charge in [-0.25, -0.2) is 0 Å². The summed E-state index contributed by atoms with van der Waals surface area (Å²) < 4.78 is 0.900. The van der Waals surface area contributed by atoms with E-state index in [1.54, 1.807) is 11.3 Å². The van der Waals surface area contributed by atoms with Crippen molar-refractivity contribution >= 4 is 28.2 Å². The fourth-order valence-electron chi connectivity index (χ4n) is 1.57. The van der Waals surface area contributed by atoms with Gasteiger partial charge in [0.1, 0.15) is 0 Å². The first-order chi connectivity index (χ1) is 7.40. The van der Waals surface area contributed by atoms with E-state index in [1.807, 2.05) is 0 Å². The monoisotopic (exact) mass is 240 g/mol. The highest BCUT2D eigenvalue weighted by atomic mass is 32.2. The number of anilines is 1. The number of hydrogen-bond donors (Lipinski definition) is 0. The van der Waals surface area contributed by atoms with Gasteiger partial charge in [0.2, 0.25) is 5.13 Å². The number of piperidine rings is 1. The maximum absolute atomic E-state index is 8.46. The van der Waals surface area contributed by atoms with E-state index in [4.69, 9.17) is 5.26 Å². The summed E-state index contributed by atoms with van der Waals surface area (Å²) in [4.78, 5) is 2.29. The molecule has 0 spiro atoms. The van der Waals surface area contributed by atoms with Crippen LogP contribution in [-0.4, -0.2) is 29.0 Å². The van der Waals surface area contributed by atoms with Crippen molar-refractivity contribution in [1.29, 1.82) is 5.26 Å². The van der Waals surface area contributed by atoms with Gasteiger partial charge in [-0.15, -0.1) is 10.2 Å². The predicted molar refractivity (Wildman–Crippen MR) is 62.3 cm³/mol. The number of nitrogens with zero attached hydrogens (tertiary/aromatic N) is 4. The quantitative estimate of drug-likeness (QED) is 0.758. The molecule has 1 saturated heterocycles. The largest absolute Gasteiger partial charge is 0.347 e. The van der Waals surface area contributed by atoms with Crippen LogP contribution in [0.15, 0.2) is 4.34 Å². The summed E-state index contributed by atoms with van der Waals surface area (Å²) in [7, 11) is 0. The van der Waals surface area contributed by atoms with Crippen LogP contribution in [0.2, 0.25) is 0 Å². The maximum atomic E-state index is 8.46. The van der Waals surface area contributed by atoms with E-state index in [1.165, 1.54) is 31.0 Å². The lowest BCUT2D eigenvalue weighted by Crippen LogP contribution is -2.29. The molecule has 1 aromatic heterocycles. The standard InChI is InChI=1S/C9H12N4S2/c10-4-7-14-9-12-11-8(15-9)13-5-2-1-3-6-13/h1-3,5-7H2. The molecule has 1 fully saturated rings. The molecule has 1 aliphatic heterocycles. The summed E-state index contributed by atoms with van der Waals surface area (Å²) in [6.45, 7) is 2.19. The molecule has 1 aromatic rings. The highest BCUT2D eigenvalue weighted by Crippen LogP contribution is 2.29. The number of thioether (sulfide) groups is 1. The molecule has 0 bridgehead atoms. The summed E-state index contributed by atoms with van der Waals surface area (Å²) in [6.07, 6.45) is 3.83. The number of hydrogen-bond acceptors (Lipinski definition) is 6. The zero-order valence-corrected chi connectivity index (χ0v) is 9.98. The van der Waals surface area contributed by atoms with E-state index in [0.29, 0.717) is 5.75 Å². The number of aromatic nitrogens is 2. The minimum Gasteiger partial charge on any atom is -0.347 e. The first-order valence-corrected chi connectivity index (χ1v) is 6.78. The maximum Gasteiger partial charge on any atom is 0.209 e. The molecule has 0 atom stereocenters. The Morgan fingerprint density at radius 2 is 2.13 bits per heavy atom. The van der Waals surface area contributed by atoms with Gasteiger partial charge in [0.05, 0.1) is 11.8 Å². The summed E-state index contributed by atoms with van der Waals surface area (Å²) in [5, 5.41) is 17.7. The molecule has 80 valence electrons. The van der Waals surface area contributed by atoms with E-state index in [9.17, 15) is 0 Å². The molecular formula is C9H12N4S2.